The number of unbranched alkanes of at least 4 members (excludes halogenated alkanes) is 25. The number of hydrogen-bond acceptors (Lipinski definition) is 11. The first-order valence-electron chi connectivity index (χ1n) is 25.0. The number of hydrogen-bond donors (Lipinski definition) is 7. The van der Waals surface area contributed by atoms with Gasteiger partial charge < -0.3 is 40.3 Å². The molecule has 1 amide bonds. The zero-order valence-corrected chi connectivity index (χ0v) is 40.1. The van der Waals surface area contributed by atoms with Gasteiger partial charge >= 0.3 is 10.4 Å². The fraction of sp³-hybridized carbons (Fsp3) is 0.857. The Morgan fingerprint density at radius 2 is 1.10 bits per heavy atom. The third kappa shape index (κ3) is 31.8. The van der Waals surface area contributed by atoms with Crippen LogP contribution < -0.4 is 5.32 Å². The van der Waals surface area contributed by atoms with Crippen molar-refractivity contribution < 1.29 is 57.0 Å². The molecule has 1 aliphatic rings. The van der Waals surface area contributed by atoms with Crippen LogP contribution in [0.3, 0.4) is 0 Å². The molecule has 0 saturated carbocycles. The van der Waals surface area contributed by atoms with E-state index in [0.717, 1.165) is 70.6 Å². The summed E-state index contributed by atoms with van der Waals surface area (Å²) in [4.78, 5) is 13.1. The lowest BCUT2D eigenvalue weighted by molar-refractivity contribution is -0.298. The van der Waals surface area contributed by atoms with Gasteiger partial charge in [0.1, 0.15) is 30.5 Å². The largest absolute Gasteiger partial charge is 0.397 e. The first-order valence-corrected chi connectivity index (χ1v) is 26.3. The molecule has 0 aromatic carbocycles. The zero-order valence-electron chi connectivity index (χ0n) is 39.3. The highest BCUT2D eigenvalue weighted by Gasteiger charge is 2.48. The highest BCUT2D eigenvalue weighted by atomic mass is 32.3. The van der Waals surface area contributed by atoms with Crippen molar-refractivity contribution in [1.82, 2.24) is 5.32 Å². The van der Waals surface area contributed by atoms with Crippen LogP contribution in [0.2, 0.25) is 0 Å². The molecule has 7 N–H and O–H groups in total. The van der Waals surface area contributed by atoms with Gasteiger partial charge in [0, 0.05) is 0 Å². The van der Waals surface area contributed by atoms with Crippen LogP contribution in [0.25, 0.3) is 0 Å². The number of nitrogens with one attached hydrogen (secondary N) is 1. The molecule has 0 aromatic rings. The normalized spacial score (nSPS) is 21.2. The summed E-state index contributed by atoms with van der Waals surface area (Å²) in [6.45, 7) is 3.20. The van der Waals surface area contributed by atoms with Gasteiger partial charge in [-0.2, -0.15) is 8.42 Å². The monoisotopic (exact) mass is 918 g/mol. The molecule has 8 atom stereocenters. The van der Waals surface area contributed by atoms with Gasteiger partial charge in [-0.25, -0.2) is 4.18 Å². The number of rotatable bonds is 42. The third-order valence-corrected chi connectivity index (χ3v) is 12.2. The van der Waals surface area contributed by atoms with Crippen molar-refractivity contribution in [3.63, 3.8) is 0 Å². The minimum Gasteiger partial charge on any atom is -0.394 e. The van der Waals surface area contributed by atoms with Crippen molar-refractivity contribution in [2.24, 2.45) is 0 Å². The molecule has 1 heterocycles. The average molecular weight is 918 g/mol. The minimum atomic E-state index is -5.12. The van der Waals surface area contributed by atoms with Gasteiger partial charge in [-0.1, -0.05) is 192 Å². The predicted molar refractivity (Wildman–Crippen MR) is 251 cm³/mol. The molecule has 63 heavy (non-hydrogen) atoms. The number of allylic oxidation sites excluding steroid dienone is 5. The van der Waals surface area contributed by atoms with E-state index in [1.54, 1.807) is 0 Å². The van der Waals surface area contributed by atoms with Crippen LogP contribution in [0, 0.1) is 0 Å². The summed E-state index contributed by atoms with van der Waals surface area (Å²) in [6.07, 6.45) is 35.0. The topological polar surface area (TPSA) is 212 Å². The summed E-state index contributed by atoms with van der Waals surface area (Å²) in [6, 6.07) is -1.12. The fourth-order valence-corrected chi connectivity index (χ4v) is 8.29. The molecule has 14 heteroatoms. The number of amides is 1. The number of carbonyl (C=O) groups excluding carboxylic acids is 1. The second kappa shape index (κ2) is 39.4. The van der Waals surface area contributed by atoms with Crippen LogP contribution in [0.15, 0.2) is 36.5 Å². The fourth-order valence-electron chi connectivity index (χ4n) is 7.78. The van der Waals surface area contributed by atoms with E-state index in [1.165, 1.54) is 109 Å². The van der Waals surface area contributed by atoms with Crippen LogP contribution in [0.1, 0.15) is 206 Å². The number of ether oxygens (including phenoxy) is 2. The van der Waals surface area contributed by atoms with Crippen LogP contribution >= 0.6 is 0 Å². The Labute approximate surface area is 382 Å². The molecular weight excluding hydrogens is 827 g/mol. The maximum absolute atomic E-state index is 13.1. The molecule has 8 unspecified atom stereocenters. The van der Waals surface area contributed by atoms with Crippen molar-refractivity contribution in [3.8, 4) is 0 Å². The van der Waals surface area contributed by atoms with E-state index in [2.05, 4.69) is 47.7 Å². The summed E-state index contributed by atoms with van der Waals surface area (Å²) >= 11 is 0. The first kappa shape index (κ1) is 59.3. The molecule has 1 aliphatic heterocycles. The van der Waals surface area contributed by atoms with E-state index < -0.39 is 78.5 Å². The van der Waals surface area contributed by atoms with Crippen molar-refractivity contribution in [2.45, 2.75) is 255 Å². The summed E-state index contributed by atoms with van der Waals surface area (Å²) in [5.74, 6) is -0.710. The van der Waals surface area contributed by atoms with Crippen molar-refractivity contribution in [1.29, 1.82) is 0 Å². The van der Waals surface area contributed by atoms with E-state index in [-0.39, 0.29) is 6.42 Å². The lowest BCUT2D eigenvalue weighted by atomic mass is 9.99. The lowest BCUT2D eigenvalue weighted by Gasteiger charge is -2.41. The van der Waals surface area contributed by atoms with E-state index in [4.69, 9.17) is 9.47 Å². The van der Waals surface area contributed by atoms with Gasteiger partial charge in [0.05, 0.1) is 25.4 Å². The number of carbonyl (C=O) groups is 1. The molecule has 0 spiro atoms. The first-order chi connectivity index (χ1) is 30.4. The minimum absolute atomic E-state index is 0.231. The number of aliphatic hydroxyl groups is 5. The Kier molecular flexibility index (Phi) is 37.1. The Morgan fingerprint density at radius 3 is 1.59 bits per heavy atom. The molecule has 370 valence electrons. The maximum atomic E-state index is 13.1. The van der Waals surface area contributed by atoms with Crippen LogP contribution in [0.5, 0.6) is 0 Å². The molecule has 0 aliphatic carbocycles. The molecule has 1 fully saturated rings. The maximum Gasteiger partial charge on any atom is 0.397 e. The second-order valence-electron chi connectivity index (χ2n) is 17.5. The summed E-state index contributed by atoms with van der Waals surface area (Å²) in [7, 11) is -5.12. The molecule has 13 nitrogen and oxygen atoms in total. The third-order valence-electron chi connectivity index (χ3n) is 11.8. The highest BCUT2D eigenvalue weighted by molar-refractivity contribution is 7.80. The predicted octanol–water partition coefficient (Wildman–Crippen LogP) is 9.25. The molecule has 0 aromatic heterocycles. The van der Waals surface area contributed by atoms with Crippen LogP contribution in [-0.2, 0) is 28.9 Å². The van der Waals surface area contributed by atoms with Gasteiger partial charge in [-0.15, -0.1) is 0 Å². The number of aliphatic hydroxyl groups excluding tert-OH is 5. The van der Waals surface area contributed by atoms with Crippen LogP contribution in [-0.4, -0.2) is 107 Å². The van der Waals surface area contributed by atoms with E-state index >= 15 is 0 Å². The second-order valence-corrected chi connectivity index (χ2v) is 18.6. The van der Waals surface area contributed by atoms with Crippen molar-refractivity contribution in [3.05, 3.63) is 36.5 Å². The Bertz CT molecular complexity index is 1280. The quantitative estimate of drug-likeness (QED) is 0.0174. The Balaban J connectivity index is 2.56. The standard InChI is InChI=1S/C49H91NO12S/c1-3-5-7-9-11-13-15-17-19-21-22-24-25-27-29-31-33-35-37-42(52)41(40-60-49-46(55)47(62-63(57,58)59)45(54)44(39-51)61-49)50-48(56)43(53)38-36-34-32-30-28-26-23-20-18-16-14-12-10-8-6-4-2/h12,14,18,20,35,37,41-47,49,51-55H,3-11,13,15-17,19,21-34,36,38-40H2,1-2H3,(H,50,56)(H,57,58,59)/b14-12-,20-18-,37-35+. The van der Waals surface area contributed by atoms with Gasteiger partial charge in [-0.3, -0.25) is 9.35 Å². The Hall–Kier alpha value is -1.72. The average Bonchev–Trinajstić information content (AvgIpc) is 3.25. The molecule has 0 radical (unpaired) electrons. The highest BCUT2D eigenvalue weighted by Crippen LogP contribution is 2.26. The van der Waals surface area contributed by atoms with Crippen molar-refractivity contribution in [2.75, 3.05) is 13.2 Å². The smallest absolute Gasteiger partial charge is 0.394 e. The summed E-state index contributed by atoms with van der Waals surface area (Å²) in [5, 5.41) is 55.3. The van der Waals surface area contributed by atoms with Crippen molar-refractivity contribution >= 4 is 16.3 Å². The molecule has 0 bridgehead atoms. The SMILES string of the molecule is CCCCC/C=C\C/C=C\CCCCCCCCC(O)C(=O)NC(COC1OC(CO)C(O)C(OS(=O)(=O)O)C1O)C(O)/C=C/CCCCCCCCCCCCCCCCCC. The van der Waals surface area contributed by atoms with E-state index in [0.29, 0.717) is 12.8 Å². The van der Waals surface area contributed by atoms with Gasteiger partial charge in [0.25, 0.3) is 0 Å². The van der Waals surface area contributed by atoms with Gasteiger partial charge in [0.2, 0.25) is 5.91 Å². The summed E-state index contributed by atoms with van der Waals surface area (Å²) < 4.78 is 47.6. The summed E-state index contributed by atoms with van der Waals surface area (Å²) in [5.41, 5.74) is 0. The zero-order chi connectivity index (χ0) is 46.4. The van der Waals surface area contributed by atoms with Gasteiger partial charge in [-0.05, 0) is 51.4 Å². The molecule has 1 rings (SSSR count). The molecular formula is C49H91NO12S. The van der Waals surface area contributed by atoms with E-state index in [1.807, 2.05) is 6.08 Å². The lowest BCUT2D eigenvalue weighted by Crippen LogP contribution is -2.61. The molecule has 1 saturated heterocycles. The van der Waals surface area contributed by atoms with Crippen LogP contribution in [0.4, 0.5) is 0 Å². The van der Waals surface area contributed by atoms with E-state index in [9.17, 15) is 43.3 Å². The Morgan fingerprint density at radius 1 is 0.651 bits per heavy atom. The van der Waals surface area contributed by atoms with Gasteiger partial charge in [0.15, 0.2) is 6.29 Å².